The first kappa shape index (κ1) is 12.0. The summed E-state index contributed by atoms with van der Waals surface area (Å²) in [4.78, 5) is 23.5. The highest BCUT2D eigenvalue weighted by Gasteiger charge is 2.55. The average Bonchev–Trinajstić information content (AvgIpc) is 2.18. The third kappa shape index (κ3) is 1.58. The minimum atomic E-state index is -0.144. The molecule has 1 spiro atoms. The molecule has 2 aliphatic heterocycles. The van der Waals surface area contributed by atoms with E-state index in [1.165, 1.54) is 0 Å². The first-order chi connectivity index (χ1) is 7.39. The van der Waals surface area contributed by atoms with E-state index in [4.69, 9.17) is 0 Å². The molecule has 2 fully saturated rings. The van der Waals surface area contributed by atoms with Crippen LogP contribution in [-0.2, 0) is 9.59 Å². The molecule has 2 rings (SSSR count). The Labute approximate surface area is 101 Å². The van der Waals surface area contributed by atoms with Gasteiger partial charge in [0, 0.05) is 23.5 Å². The Balaban J connectivity index is 2.39. The summed E-state index contributed by atoms with van der Waals surface area (Å²) < 4.78 is 0. The third-order valence-corrected chi connectivity index (χ3v) is 5.75. The van der Waals surface area contributed by atoms with Crippen LogP contribution in [0.15, 0.2) is 0 Å². The zero-order valence-corrected chi connectivity index (χ0v) is 10.9. The zero-order chi connectivity index (χ0) is 12.0. The van der Waals surface area contributed by atoms with Crippen molar-refractivity contribution in [1.82, 2.24) is 5.32 Å². The molecule has 2 atom stereocenters. The molecule has 0 aromatic carbocycles. The van der Waals surface area contributed by atoms with Crippen molar-refractivity contribution in [3.05, 3.63) is 0 Å². The van der Waals surface area contributed by atoms with E-state index in [1.54, 1.807) is 0 Å². The molecule has 1 N–H and O–H groups in total. The summed E-state index contributed by atoms with van der Waals surface area (Å²) in [6.07, 6.45) is 1.59. The fourth-order valence-corrected chi connectivity index (χ4v) is 4.91. The summed E-state index contributed by atoms with van der Waals surface area (Å²) in [7, 11) is 0. The number of amides is 2. The van der Waals surface area contributed by atoms with Gasteiger partial charge in [-0.25, -0.2) is 0 Å². The van der Waals surface area contributed by atoms with Crippen LogP contribution in [0.2, 0.25) is 0 Å². The molecule has 0 bridgehead atoms. The van der Waals surface area contributed by atoms with Crippen molar-refractivity contribution in [2.75, 3.05) is 11.5 Å². The van der Waals surface area contributed by atoms with Crippen LogP contribution in [0.3, 0.4) is 0 Å². The maximum atomic E-state index is 11.8. The lowest BCUT2D eigenvalue weighted by Gasteiger charge is -2.54. The van der Waals surface area contributed by atoms with Crippen LogP contribution in [-0.4, -0.2) is 23.3 Å². The first-order valence-corrected chi connectivity index (χ1v) is 6.96. The highest BCUT2D eigenvalue weighted by molar-refractivity contribution is 7.99. The lowest BCUT2D eigenvalue weighted by Crippen LogP contribution is -2.59. The fraction of sp³-hybridized carbons (Fsp3) is 0.833. The third-order valence-electron chi connectivity index (χ3n) is 4.54. The SMILES string of the molecule is CC1C(=O)NC(=O)CC12CSCCC2(C)C. The van der Waals surface area contributed by atoms with E-state index in [2.05, 4.69) is 19.2 Å². The second kappa shape index (κ2) is 3.76. The van der Waals surface area contributed by atoms with E-state index >= 15 is 0 Å². The molecular weight excluding hydrogens is 222 g/mol. The van der Waals surface area contributed by atoms with Crippen LogP contribution in [0.25, 0.3) is 0 Å². The van der Waals surface area contributed by atoms with Gasteiger partial charge in [-0.15, -0.1) is 0 Å². The normalized spacial score (nSPS) is 38.6. The minimum Gasteiger partial charge on any atom is -0.296 e. The quantitative estimate of drug-likeness (QED) is 0.658. The molecule has 2 heterocycles. The van der Waals surface area contributed by atoms with Gasteiger partial charge in [-0.3, -0.25) is 14.9 Å². The van der Waals surface area contributed by atoms with Crippen LogP contribution in [0.4, 0.5) is 0 Å². The Kier molecular flexibility index (Phi) is 2.81. The molecule has 0 radical (unpaired) electrons. The summed E-state index contributed by atoms with van der Waals surface area (Å²) in [5.41, 5.74) is -0.0690. The summed E-state index contributed by atoms with van der Waals surface area (Å²) in [5.74, 6) is 1.82. The molecule has 0 aliphatic carbocycles. The molecule has 2 amide bonds. The van der Waals surface area contributed by atoms with Crippen molar-refractivity contribution >= 4 is 23.6 Å². The van der Waals surface area contributed by atoms with Gasteiger partial charge in [0.05, 0.1) is 0 Å². The predicted molar refractivity (Wildman–Crippen MR) is 65.1 cm³/mol. The van der Waals surface area contributed by atoms with E-state index in [0.29, 0.717) is 6.42 Å². The lowest BCUT2D eigenvalue weighted by molar-refractivity contribution is -0.148. The summed E-state index contributed by atoms with van der Waals surface area (Å²) in [6.45, 7) is 6.37. The van der Waals surface area contributed by atoms with Crippen LogP contribution >= 0.6 is 11.8 Å². The number of imide groups is 1. The predicted octanol–water partition coefficient (Wildman–Crippen LogP) is 1.82. The molecule has 4 heteroatoms. The molecule has 2 unspecified atom stereocenters. The van der Waals surface area contributed by atoms with Gasteiger partial charge >= 0.3 is 0 Å². The number of thioether (sulfide) groups is 1. The number of hydrogen-bond acceptors (Lipinski definition) is 3. The van der Waals surface area contributed by atoms with Crippen molar-refractivity contribution in [3.63, 3.8) is 0 Å². The van der Waals surface area contributed by atoms with Gasteiger partial charge < -0.3 is 0 Å². The number of rotatable bonds is 0. The van der Waals surface area contributed by atoms with Gasteiger partial charge in [0.2, 0.25) is 11.8 Å². The van der Waals surface area contributed by atoms with Gasteiger partial charge in [-0.2, -0.15) is 11.8 Å². The Hall–Kier alpha value is -0.510. The van der Waals surface area contributed by atoms with E-state index in [0.717, 1.165) is 17.9 Å². The summed E-state index contributed by atoms with van der Waals surface area (Å²) in [5, 5.41) is 2.45. The van der Waals surface area contributed by atoms with Crippen LogP contribution in [0, 0.1) is 16.7 Å². The average molecular weight is 241 g/mol. The maximum absolute atomic E-state index is 11.8. The molecule has 0 aromatic rings. The lowest BCUT2D eigenvalue weighted by atomic mass is 9.56. The van der Waals surface area contributed by atoms with E-state index in [1.807, 2.05) is 18.7 Å². The molecule has 2 saturated heterocycles. The fourth-order valence-electron chi connectivity index (χ4n) is 3.01. The molecule has 0 aromatic heterocycles. The number of piperidine rings is 1. The van der Waals surface area contributed by atoms with Crippen molar-refractivity contribution in [3.8, 4) is 0 Å². The topological polar surface area (TPSA) is 46.2 Å². The molecular formula is C12H19NO2S. The highest BCUT2D eigenvalue weighted by atomic mass is 32.2. The Morgan fingerprint density at radius 3 is 2.69 bits per heavy atom. The Morgan fingerprint density at radius 1 is 1.38 bits per heavy atom. The second-order valence-electron chi connectivity index (χ2n) is 5.65. The molecule has 3 nitrogen and oxygen atoms in total. The zero-order valence-electron chi connectivity index (χ0n) is 10.1. The van der Waals surface area contributed by atoms with E-state index in [9.17, 15) is 9.59 Å². The Morgan fingerprint density at radius 2 is 2.06 bits per heavy atom. The van der Waals surface area contributed by atoms with Crippen LogP contribution in [0.1, 0.15) is 33.6 Å². The number of carbonyl (C=O) groups is 2. The smallest absolute Gasteiger partial charge is 0.230 e. The molecule has 0 saturated carbocycles. The van der Waals surface area contributed by atoms with Gasteiger partial charge in [-0.05, 0) is 17.6 Å². The van der Waals surface area contributed by atoms with E-state index < -0.39 is 0 Å². The van der Waals surface area contributed by atoms with Crippen molar-refractivity contribution in [1.29, 1.82) is 0 Å². The van der Waals surface area contributed by atoms with Gasteiger partial charge in [0.25, 0.3) is 0 Å². The van der Waals surface area contributed by atoms with Crippen molar-refractivity contribution < 1.29 is 9.59 Å². The van der Waals surface area contributed by atoms with Gasteiger partial charge in [-0.1, -0.05) is 20.8 Å². The summed E-state index contributed by atoms with van der Waals surface area (Å²) >= 11 is 1.88. The largest absolute Gasteiger partial charge is 0.296 e. The standard InChI is InChI=1S/C12H19NO2S/c1-8-10(15)13-9(14)6-12(8)7-16-5-4-11(12,2)3/h8H,4-7H2,1-3H3,(H,13,14,15). The van der Waals surface area contributed by atoms with Gasteiger partial charge in [0.15, 0.2) is 0 Å². The van der Waals surface area contributed by atoms with E-state index in [-0.39, 0.29) is 28.6 Å². The second-order valence-corrected chi connectivity index (χ2v) is 6.76. The number of carbonyl (C=O) groups excluding carboxylic acids is 2. The molecule has 2 aliphatic rings. The molecule has 16 heavy (non-hydrogen) atoms. The number of hydrogen-bond donors (Lipinski definition) is 1. The molecule has 90 valence electrons. The number of nitrogens with one attached hydrogen (secondary N) is 1. The van der Waals surface area contributed by atoms with Gasteiger partial charge in [0.1, 0.15) is 0 Å². The minimum absolute atomic E-state index is 0.0620. The summed E-state index contributed by atoms with van der Waals surface area (Å²) in [6, 6.07) is 0. The monoisotopic (exact) mass is 241 g/mol. The Bertz CT molecular complexity index is 340. The maximum Gasteiger partial charge on any atom is 0.230 e. The first-order valence-electron chi connectivity index (χ1n) is 5.80. The van der Waals surface area contributed by atoms with Crippen LogP contribution < -0.4 is 5.32 Å². The van der Waals surface area contributed by atoms with Crippen LogP contribution in [0.5, 0.6) is 0 Å². The van der Waals surface area contributed by atoms with Crippen molar-refractivity contribution in [2.45, 2.75) is 33.6 Å². The van der Waals surface area contributed by atoms with Crippen molar-refractivity contribution in [2.24, 2.45) is 16.7 Å². The highest BCUT2D eigenvalue weighted by Crippen LogP contribution is 2.56.